The average Bonchev–Trinajstić information content (AvgIpc) is 1.85. The van der Waals surface area contributed by atoms with Crippen LogP contribution in [0.25, 0.3) is 0 Å². The Morgan fingerprint density at radius 1 is 1.50 bits per heavy atom. The highest BCUT2D eigenvalue weighted by atomic mass is 16.1. The van der Waals surface area contributed by atoms with Crippen LogP contribution in [0.1, 0.15) is 27.2 Å². The van der Waals surface area contributed by atoms with Crippen molar-refractivity contribution in [1.29, 1.82) is 5.26 Å². The Morgan fingerprint density at radius 2 is 2.00 bits per heavy atom. The lowest BCUT2D eigenvalue weighted by molar-refractivity contribution is -0.117. The van der Waals surface area contributed by atoms with Gasteiger partial charge in [-0.15, -0.1) is 0 Å². The van der Waals surface area contributed by atoms with Gasteiger partial charge in [0, 0.05) is 5.92 Å². The number of Topliss-reactive ketones (excluding diaryl/α,β-unsaturated/α-hetero) is 1. The highest BCUT2D eigenvalue weighted by molar-refractivity contribution is 5.94. The van der Waals surface area contributed by atoms with Crippen LogP contribution in [0.3, 0.4) is 0 Å². The lowest BCUT2D eigenvalue weighted by Gasteiger charge is -2.07. The van der Waals surface area contributed by atoms with Crippen molar-refractivity contribution in [2.45, 2.75) is 27.2 Å². The minimum absolute atomic E-state index is 0.0926. The van der Waals surface area contributed by atoms with Crippen molar-refractivity contribution >= 4 is 5.78 Å². The minimum atomic E-state index is -0.297. The van der Waals surface area contributed by atoms with Gasteiger partial charge in [-0.2, -0.15) is 5.26 Å². The van der Waals surface area contributed by atoms with E-state index in [2.05, 4.69) is 0 Å². The molecule has 0 spiro atoms. The van der Waals surface area contributed by atoms with E-state index in [1.54, 1.807) is 13.0 Å². The number of ketones is 1. The van der Waals surface area contributed by atoms with Gasteiger partial charge in [0.15, 0.2) is 0 Å². The summed E-state index contributed by atoms with van der Waals surface area (Å²) in [5.41, 5.74) is 0. The van der Waals surface area contributed by atoms with E-state index in [-0.39, 0.29) is 11.7 Å². The van der Waals surface area contributed by atoms with E-state index in [0.29, 0.717) is 5.92 Å². The van der Waals surface area contributed by atoms with E-state index in [9.17, 15) is 4.79 Å². The highest BCUT2D eigenvalue weighted by Gasteiger charge is 2.12. The Labute approximate surface area is 61.8 Å². The molecule has 0 unspecified atom stereocenters. The molecule has 0 aromatic carbocycles. The summed E-state index contributed by atoms with van der Waals surface area (Å²) in [7, 11) is 0. The molecule has 0 saturated heterocycles. The molecular formula is C8H13NO. The van der Waals surface area contributed by atoms with Crippen LogP contribution < -0.4 is 0 Å². The molecule has 0 aliphatic carbocycles. The molecule has 0 amide bonds. The number of hydrogen-bond acceptors (Lipinski definition) is 2. The monoisotopic (exact) mass is 139 g/mol. The smallest absolute Gasteiger partial charge is 0.234 e. The van der Waals surface area contributed by atoms with Crippen molar-refractivity contribution in [3.63, 3.8) is 0 Å². The normalized spacial score (nSPS) is 12.7. The summed E-state index contributed by atoms with van der Waals surface area (Å²) in [5, 5.41) is 8.22. The molecule has 0 aliphatic heterocycles. The molecule has 0 aromatic heterocycles. The van der Waals surface area contributed by atoms with E-state index < -0.39 is 0 Å². The molecule has 10 heavy (non-hydrogen) atoms. The van der Waals surface area contributed by atoms with Crippen LogP contribution in [0.2, 0.25) is 0 Å². The van der Waals surface area contributed by atoms with E-state index in [1.165, 1.54) is 0 Å². The Hall–Kier alpha value is -0.840. The number of nitriles is 1. The molecule has 1 atom stereocenters. The predicted molar refractivity (Wildman–Crippen MR) is 39.2 cm³/mol. The van der Waals surface area contributed by atoms with E-state index in [4.69, 9.17) is 5.26 Å². The lowest BCUT2D eigenvalue weighted by Crippen LogP contribution is -2.10. The molecule has 2 heteroatoms. The first-order valence-electron chi connectivity index (χ1n) is 3.51. The maximum absolute atomic E-state index is 10.7. The molecule has 0 fully saturated rings. The Bertz CT molecular complexity index is 155. The van der Waals surface area contributed by atoms with Gasteiger partial charge in [0.05, 0.1) is 0 Å². The zero-order valence-electron chi connectivity index (χ0n) is 6.72. The molecule has 0 aromatic rings. The fourth-order valence-electron chi connectivity index (χ4n) is 0.924. The average molecular weight is 139 g/mol. The van der Waals surface area contributed by atoms with Gasteiger partial charge in [-0.05, 0) is 12.3 Å². The Balaban J connectivity index is 3.76. The second-order valence-corrected chi connectivity index (χ2v) is 3.01. The van der Waals surface area contributed by atoms with Crippen molar-refractivity contribution < 1.29 is 4.79 Å². The molecule has 0 aliphatic rings. The van der Waals surface area contributed by atoms with Crippen molar-refractivity contribution in [3.8, 4) is 6.07 Å². The standard InChI is InChI=1S/C8H13NO/c1-6(2)4-7(3)8(10)5-9/h6-7H,4H2,1-3H3/t7-/m0/s1. The topological polar surface area (TPSA) is 40.9 Å². The molecule has 0 saturated carbocycles. The summed E-state index contributed by atoms with van der Waals surface area (Å²) in [6.07, 6.45) is 0.812. The lowest BCUT2D eigenvalue weighted by atomic mass is 9.96. The molecule has 0 bridgehead atoms. The molecule has 0 N–H and O–H groups in total. The van der Waals surface area contributed by atoms with Gasteiger partial charge in [0.2, 0.25) is 5.78 Å². The van der Waals surface area contributed by atoms with Gasteiger partial charge < -0.3 is 0 Å². The number of carbonyl (C=O) groups excluding carboxylic acids is 1. The Kier molecular flexibility index (Phi) is 3.71. The van der Waals surface area contributed by atoms with E-state index in [1.807, 2.05) is 13.8 Å². The zero-order valence-corrected chi connectivity index (χ0v) is 6.72. The molecule has 2 nitrogen and oxygen atoms in total. The summed E-state index contributed by atoms with van der Waals surface area (Å²) in [5.74, 6) is 0.103. The van der Waals surface area contributed by atoms with Gasteiger partial charge in [-0.1, -0.05) is 20.8 Å². The van der Waals surface area contributed by atoms with Crippen LogP contribution in [0.15, 0.2) is 0 Å². The molecule has 0 heterocycles. The summed E-state index contributed by atoms with van der Waals surface area (Å²) in [6, 6.07) is 1.63. The van der Waals surface area contributed by atoms with Crippen LogP contribution in [-0.4, -0.2) is 5.78 Å². The van der Waals surface area contributed by atoms with Crippen molar-refractivity contribution in [2.75, 3.05) is 0 Å². The summed E-state index contributed by atoms with van der Waals surface area (Å²) in [6.45, 7) is 5.88. The van der Waals surface area contributed by atoms with Gasteiger partial charge in [-0.3, -0.25) is 4.79 Å². The summed E-state index contributed by atoms with van der Waals surface area (Å²) in [4.78, 5) is 10.7. The van der Waals surface area contributed by atoms with Crippen LogP contribution >= 0.6 is 0 Å². The zero-order chi connectivity index (χ0) is 8.15. The third-order valence-corrected chi connectivity index (χ3v) is 1.38. The van der Waals surface area contributed by atoms with Crippen LogP contribution in [0.4, 0.5) is 0 Å². The van der Waals surface area contributed by atoms with Crippen LogP contribution in [0.5, 0.6) is 0 Å². The summed E-state index contributed by atoms with van der Waals surface area (Å²) < 4.78 is 0. The first-order chi connectivity index (χ1) is 4.57. The third kappa shape index (κ3) is 3.24. The van der Waals surface area contributed by atoms with Crippen molar-refractivity contribution in [1.82, 2.24) is 0 Å². The highest BCUT2D eigenvalue weighted by Crippen LogP contribution is 2.10. The predicted octanol–water partition coefficient (Wildman–Crippen LogP) is 1.76. The van der Waals surface area contributed by atoms with Gasteiger partial charge >= 0.3 is 0 Å². The largest absolute Gasteiger partial charge is 0.282 e. The number of rotatable bonds is 3. The molecule has 0 radical (unpaired) electrons. The fourth-order valence-corrected chi connectivity index (χ4v) is 0.924. The Morgan fingerprint density at radius 3 is 2.30 bits per heavy atom. The van der Waals surface area contributed by atoms with E-state index in [0.717, 1.165) is 6.42 Å². The number of hydrogen-bond donors (Lipinski definition) is 0. The fraction of sp³-hybridized carbons (Fsp3) is 0.750. The molecule has 56 valence electrons. The maximum atomic E-state index is 10.7. The minimum Gasteiger partial charge on any atom is -0.282 e. The van der Waals surface area contributed by atoms with Crippen LogP contribution in [0, 0.1) is 23.2 Å². The SMILES string of the molecule is CC(C)C[C@H](C)C(=O)C#N. The maximum Gasteiger partial charge on any atom is 0.234 e. The molecular weight excluding hydrogens is 126 g/mol. The quantitative estimate of drug-likeness (QED) is 0.559. The second kappa shape index (κ2) is 4.05. The second-order valence-electron chi connectivity index (χ2n) is 3.01. The summed E-state index contributed by atoms with van der Waals surface area (Å²) >= 11 is 0. The third-order valence-electron chi connectivity index (χ3n) is 1.38. The van der Waals surface area contributed by atoms with Gasteiger partial charge in [0.25, 0.3) is 0 Å². The van der Waals surface area contributed by atoms with E-state index >= 15 is 0 Å². The van der Waals surface area contributed by atoms with Crippen LogP contribution in [-0.2, 0) is 4.79 Å². The van der Waals surface area contributed by atoms with Gasteiger partial charge in [0.1, 0.15) is 6.07 Å². The first-order valence-corrected chi connectivity index (χ1v) is 3.51. The molecule has 0 rings (SSSR count). The van der Waals surface area contributed by atoms with Crippen molar-refractivity contribution in [2.24, 2.45) is 11.8 Å². The van der Waals surface area contributed by atoms with Crippen molar-refractivity contribution in [3.05, 3.63) is 0 Å². The number of carbonyl (C=O) groups is 1. The van der Waals surface area contributed by atoms with Gasteiger partial charge in [-0.25, -0.2) is 0 Å². The number of nitrogens with zero attached hydrogens (tertiary/aromatic N) is 1. The first kappa shape index (κ1) is 9.16.